The molecule has 1 aromatic carbocycles. The Labute approximate surface area is 107 Å². The average Bonchev–Trinajstić information content (AvgIpc) is 2.85. The fourth-order valence-corrected chi connectivity index (χ4v) is 2.03. The lowest BCUT2D eigenvalue weighted by Crippen LogP contribution is -2.15. The zero-order chi connectivity index (χ0) is 13.0. The van der Waals surface area contributed by atoms with Gasteiger partial charge in [-0.1, -0.05) is 13.3 Å². The van der Waals surface area contributed by atoms with Crippen LogP contribution in [-0.2, 0) is 0 Å². The summed E-state index contributed by atoms with van der Waals surface area (Å²) in [5.41, 5.74) is 3.31. The number of benzene rings is 1. The Morgan fingerprint density at radius 1 is 1.39 bits per heavy atom. The molecule has 0 fully saturated rings. The molecule has 0 aliphatic rings. The van der Waals surface area contributed by atoms with Gasteiger partial charge in [0.05, 0.1) is 0 Å². The molecule has 0 amide bonds. The molecule has 2 aromatic rings. The minimum absolute atomic E-state index is 0.489. The van der Waals surface area contributed by atoms with Crippen LogP contribution < -0.4 is 5.32 Å². The second-order valence-electron chi connectivity index (χ2n) is 4.61. The predicted octanol–water partition coefficient (Wildman–Crippen LogP) is 3.65. The van der Waals surface area contributed by atoms with Gasteiger partial charge in [0.25, 0.3) is 0 Å². The molecular formula is C14H19N3O. The number of aryl methyl sites for hydroxylation is 1. The second kappa shape index (κ2) is 5.67. The van der Waals surface area contributed by atoms with E-state index < -0.39 is 0 Å². The molecule has 96 valence electrons. The third-order valence-electron chi connectivity index (χ3n) is 2.96. The van der Waals surface area contributed by atoms with Gasteiger partial charge >= 0.3 is 0 Å². The summed E-state index contributed by atoms with van der Waals surface area (Å²) in [4.78, 5) is 0. The topological polar surface area (TPSA) is 51.0 Å². The van der Waals surface area contributed by atoms with E-state index in [0.29, 0.717) is 11.9 Å². The van der Waals surface area contributed by atoms with Crippen LogP contribution in [0.3, 0.4) is 0 Å². The van der Waals surface area contributed by atoms with Crippen LogP contribution in [0.25, 0.3) is 11.5 Å². The van der Waals surface area contributed by atoms with Crippen LogP contribution >= 0.6 is 0 Å². The highest BCUT2D eigenvalue weighted by Gasteiger charge is 2.07. The van der Waals surface area contributed by atoms with Crippen LogP contribution in [0.15, 0.2) is 29.0 Å². The van der Waals surface area contributed by atoms with Gasteiger partial charge in [-0.2, -0.15) is 0 Å². The second-order valence-corrected chi connectivity index (χ2v) is 4.61. The molecule has 0 spiro atoms. The van der Waals surface area contributed by atoms with Crippen molar-refractivity contribution in [3.8, 4) is 11.5 Å². The first-order valence-corrected chi connectivity index (χ1v) is 6.34. The van der Waals surface area contributed by atoms with Crippen LogP contribution in [0, 0.1) is 6.92 Å². The first-order chi connectivity index (χ1) is 8.70. The SMILES string of the molecule is CCCC(C)Nc1ccc(-c2nnco2)cc1C. The van der Waals surface area contributed by atoms with Crippen LogP contribution in [-0.4, -0.2) is 16.2 Å². The molecule has 1 heterocycles. The minimum Gasteiger partial charge on any atom is -0.423 e. The van der Waals surface area contributed by atoms with E-state index in [0.717, 1.165) is 5.56 Å². The monoisotopic (exact) mass is 245 g/mol. The number of nitrogens with zero attached hydrogens (tertiary/aromatic N) is 2. The van der Waals surface area contributed by atoms with Crippen molar-refractivity contribution in [2.24, 2.45) is 0 Å². The molecule has 1 aromatic heterocycles. The summed E-state index contributed by atoms with van der Waals surface area (Å²) in [5, 5.41) is 11.1. The summed E-state index contributed by atoms with van der Waals surface area (Å²) in [6, 6.07) is 6.62. The smallest absolute Gasteiger partial charge is 0.247 e. The zero-order valence-corrected chi connectivity index (χ0v) is 11.1. The highest BCUT2D eigenvalue weighted by atomic mass is 16.4. The molecule has 0 bridgehead atoms. The van der Waals surface area contributed by atoms with Crippen molar-refractivity contribution < 1.29 is 4.42 Å². The summed E-state index contributed by atoms with van der Waals surface area (Å²) in [6.45, 7) is 6.49. The molecule has 4 nitrogen and oxygen atoms in total. The fraction of sp³-hybridized carbons (Fsp3) is 0.429. The van der Waals surface area contributed by atoms with E-state index in [1.54, 1.807) is 0 Å². The van der Waals surface area contributed by atoms with Crippen molar-refractivity contribution >= 4 is 5.69 Å². The number of nitrogens with one attached hydrogen (secondary N) is 1. The Morgan fingerprint density at radius 2 is 2.22 bits per heavy atom. The van der Waals surface area contributed by atoms with E-state index in [2.05, 4.69) is 48.4 Å². The van der Waals surface area contributed by atoms with Gasteiger partial charge < -0.3 is 9.73 Å². The quantitative estimate of drug-likeness (QED) is 0.873. The van der Waals surface area contributed by atoms with E-state index in [-0.39, 0.29) is 0 Å². The van der Waals surface area contributed by atoms with Crippen molar-refractivity contribution in [3.63, 3.8) is 0 Å². The number of hydrogen-bond acceptors (Lipinski definition) is 4. The molecule has 2 rings (SSSR count). The van der Waals surface area contributed by atoms with E-state index in [1.807, 2.05) is 6.07 Å². The maximum atomic E-state index is 5.19. The summed E-state index contributed by atoms with van der Waals surface area (Å²) in [7, 11) is 0. The van der Waals surface area contributed by atoms with E-state index >= 15 is 0 Å². The third kappa shape index (κ3) is 2.88. The lowest BCUT2D eigenvalue weighted by Gasteiger charge is -2.16. The Kier molecular flexibility index (Phi) is 3.97. The molecular weight excluding hydrogens is 226 g/mol. The largest absolute Gasteiger partial charge is 0.423 e. The molecule has 0 saturated heterocycles. The highest BCUT2D eigenvalue weighted by molar-refractivity contribution is 5.62. The van der Waals surface area contributed by atoms with Crippen molar-refractivity contribution in [2.45, 2.75) is 39.7 Å². The number of hydrogen-bond donors (Lipinski definition) is 1. The van der Waals surface area contributed by atoms with E-state index in [1.165, 1.54) is 30.5 Å². The molecule has 0 aliphatic carbocycles. The zero-order valence-electron chi connectivity index (χ0n) is 11.1. The van der Waals surface area contributed by atoms with E-state index in [9.17, 15) is 0 Å². The van der Waals surface area contributed by atoms with Gasteiger partial charge in [-0.15, -0.1) is 10.2 Å². The van der Waals surface area contributed by atoms with Crippen molar-refractivity contribution in [1.29, 1.82) is 0 Å². The van der Waals surface area contributed by atoms with Crippen LogP contribution in [0.2, 0.25) is 0 Å². The Morgan fingerprint density at radius 3 is 2.83 bits per heavy atom. The fourth-order valence-electron chi connectivity index (χ4n) is 2.03. The normalized spacial score (nSPS) is 12.4. The Bertz CT molecular complexity index is 494. The third-order valence-corrected chi connectivity index (χ3v) is 2.96. The first kappa shape index (κ1) is 12.6. The predicted molar refractivity (Wildman–Crippen MR) is 72.5 cm³/mol. The molecule has 0 saturated carbocycles. The van der Waals surface area contributed by atoms with Gasteiger partial charge in [-0.05, 0) is 44.0 Å². The summed E-state index contributed by atoms with van der Waals surface area (Å²) in [5.74, 6) is 0.561. The van der Waals surface area contributed by atoms with Crippen LogP contribution in [0.1, 0.15) is 32.3 Å². The number of aromatic nitrogens is 2. The summed E-state index contributed by atoms with van der Waals surface area (Å²) < 4.78 is 5.19. The highest BCUT2D eigenvalue weighted by Crippen LogP contribution is 2.24. The maximum absolute atomic E-state index is 5.19. The molecule has 0 aliphatic heterocycles. The Balaban J connectivity index is 2.15. The van der Waals surface area contributed by atoms with Crippen molar-refractivity contribution in [1.82, 2.24) is 10.2 Å². The number of anilines is 1. The lowest BCUT2D eigenvalue weighted by molar-refractivity contribution is 0.568. The minimum atomic E-state index is 0.489. The van der Waals surface area contributed by atoms with Crippen LogP contribution in [0.5, 0.6) is 0 Å². The molecule has 0 radical (unpaired) electrons. The molecule has 18 heavy (non-hydrogen) atoms. The number of rotatable bonds is 5. The van der Waals surface area contributed by atoms with Crippen LogP contribution in [0.4, 0.5) is 5.69 Å². The molecule has 4 heteroatoms. The van der Waals surface area contributed by atoms with Gasteiger partial charge in [0, 0.05) is 17.3 Å². The van der Waals surface area contributed by atoms with Gasteiger partial charge in [0.15, 0.2) is 0 Å². The van der Waals surface area contributed by atoms with Crippen molar-refractivity contribution in [3.05, 3.63) is 30.2 Å². The van der Waals surface area contributed by atoms with Gasteiger partial charge in [-0.25, -0.2) is 0 Å². The van der Waals surface area contributed by atoms with E-state index in [4.69, 9.17) is 4.42 Å². The molecule has 1 unspecified atom stereocenters. The average molecular weight is 245 g/mol. The van der Waals surface area contributed by atoms with Crippen molar-refractivity contribution in [2.75, 3.05) is 5.32 Å². The van der Waals surface area contributed by atoms with Gasteiger partial charge in [0.1, 0.15) is 0 Å². The van der Waals surface area contributed by atoms with Gasteiger partial charge in [-0.3, -0.25) is 0 Å². The van der Waals surface area contributed by atoms with Gasteiger partial charge in [0.2, 0.25) is 12.3 Å². The first-order valence-electron chi connectivity index (χ1n) is 6.34. The summed E-state index contributed by atoms with van der Waals surface area (Å²) in [6.07, 6.45) is 3.71. The lowest BCUT2D eigenvalue weighted by atomic mass is 10.1. The standard InChI is InChI=1S/C14H19N3O/c1-4-5-11(3)16-13-7-6-12(8-10(13)2)14-17-15-9-18-14/h6-9,11,16H,4-5H2,1-3H3. The molecule has 1 atom stereocenters. The molecule has 1 N–H and O–H groups in total. The maximum Gasteiger partial charge on any atom is 0.247 e. The Hall–Kier alpha value is -1.84. The summed E-state index contributed by atoms with van der Waals surface area (Å²) >= 11 is 0.